The van der Waals surface area contributed by atoms with Gasteiger partial charge in [-0.3, -0.25) is 0 Å². The van der Waals surface area contributed by atoms with Gasteiger partial charge in [0.1, 0.15) is 0 Å². The molecule has 0 radical (unpaired) electrons. The highest BCUT2D eigenvalue weighted by Gasteiger charge is 2.12. The summed E-state index contributed by atoms with van der Waals surface area (Å²) in [5.74, 6) is 0. The molecule has 0 spiro atoms. The van der Waals surface area contributed by atoms with Gasteiger partial charge >= 0.3 is 6.03 Å². The van der Waals surface area contributed by atoms with Gasteiger partial charge < -0.3 is 15.7 Å². The van der Waals surface area contributed by atoms with E-state index in [0.717, 1.165) is 24.8 Å². The van der Waals surface area contributed by atoms with Gasteiger partial charge in [0.2, 0.25) is 0 Å². The van der Waals surface area contributed by atoms with Crippen LogP contribution in [0.5, 0.6) is 0 Å². The maximum absolute atomic E-state index is 11.6. The first-order chi connectivity index (χ1) is 8.77. The topological polar surface area (TPSA) is 61.4 Å². The van der Waals surface area contributed by atoms with Crippen LogP contribution in [0.1, 0.15) is 37.8 Å². The number of urea groups is 1. The Morgan fingerprint density at radius 3 is 2.61 bits per heavy atom. The zero-order valence-electron chi connectivity index (χ0n) is 10.9. The van der Waals surface area contributed by atoms with Gasteiger partial charge in [0.05, 0.1) is 12.6 Å². The molecule has 4 heteroatoms. The second-order valence-electron chi connectivity index (χ2n) is 4.25. The Labute approximate surface area is 108 Å². The minimum atomic E-state index is -0.350. The van der Waals surface area contributed by atoms with Crippen LogP contribution in [0.15, 0.2) is 30.3 Å². The summed E-state index contributed by atoms with van der Waals surface area (Å²) in [6.07, 6.45) is 3.23. The van der Waals surface area contributed by atoms with E-state index in [9.17, 15) is 9.90 Å². The average Bonchev–Trinajstić information content (AvgIpc) is 2.42. The molecule has 1 rings (SSSR count). The van der Waals surface area contributed by atoms with E-state index in [1.54, 1.807) is 0 Å². The molecule has 0 unspecified atom stereocenters. The second kappa shape index (κ2) is 8.53. The molecule has 0 aliphatic carbocycles. The SMILES string of the molecule is CCCCCNC(=O)N[C@H](CO)c1ccccc1. The average molecular weight is 250 g/mol. The van der Waals surface area contributed by atoms with Gasteiger partial charge in [-0.15, -0.1) is 0 Å². The summed E-state index contributed by atoms with van der Waals surface area (Å²) in [5, 5.41) is 14.8. The van der Waals surface area contributed by atoms with Crippen molar-refractivity contribution < 1.29 is 9.90 Å². The largest absolute Gasteiger partial charge is 0.394 e. The van der Waals surface area contributed by atoms with Crippen molar-refractivity contribution >= 4 is 6.03 Å². The number of aliphatic hydroxyl groups is 1. The van der Waals surface area contributed by atoms with Gasteiger partial charge in [0.15, 0.2) is 0 Å². The van der Waals surface area contributed by atoms with Crippen molar-refractivity contribution in [3.8, 4) is 0 Å². The van der Waals surface area contributed by atoms with Crippen LogP contribution in [0, 0.1) is 0 Å². The number of unbranched alkanes of at least 4 members (excludes halogenated alkanes) is 2. The third-order valence-electron chi connectivity index (χ3n) is 2.76. The summed E-state index contributed by atoms with van der Waals surface area (Å²) in [5.41, 5.74) is 0.906. The van der Waals surface area contributed by atoms with E-state index in [-0.39, 0.29) is 18.7 Å². The summed E-state index contributed by atoms with van der Waals surface area (Å²) < 4.78 is 0. The van der Waals surface area contributed by atoms with E-state index >= 15 is 0 Å². The second-order valence-corrected chi connectivity index (χ2v) is 4.25. The number of benzene rings is 1. The molecule has 0 aromatic heterocycles. The Hall–Kier alpha value is -1.55. The fraction of sp³-hybridized carbons (Fsp3) is 0.500. The molecule has 0 heterocycles. The number of aliphatic hydroxyl groups excluding tert-OH is 1. The van der Waals surface area contributed by atoms with Crippen LogP contribution in [-0.4, -0.2) is 24.3 Å². The lowest BCUT2D eigenvalue weighted by Gasteiger charge is -2.17. The summed E-state index contributed by atoms with van der Waals surface area (Å²) in [6.45, 7) is 2.69. The molecule has 0 bridgehead atoms. The van der Waals surface area contributed by atoms with E-state index in [1.807, 2.05) is 30.3 Å². The van der Waals surface area contributed by atoms with Crippen molar-refractivity contribution in [2.75, 3.05) is 13.2 Å². The molecule has 3 N–H and O–H groups in total. The molecule has 1 atom stereocenters. The lowest BCUT2D eigenvalue weighted by Crippen LogP contribution is -2.39. The molecule has 0 fully saturated rings. The number of carbonyl (C=O) groups is 1. The van der Waals surface area contributed by atoms with Crippen LogP contribution in [-0.2, 0) is 0 Å². The van der Waals surface area contributed by atoms with Gasteiger partial charge in [0.25, 0.3) is 0 Å². The maximum atomic E-state index is 11.6. The number of nitrogens with one attached hydrogen (secondary N) is 2. The zero-order chi connectivity index (χ0) is 13.2. The maximum Gasteiger partial charge on any atom is 0.315 e. The van der Waals surface area contributed by atoms with Crippen molar-refractivity contribution in [3.05, 3.63) is 35.9 Å². The van der Waals surface area contributed by atoms with Crippen LogP contribution >= 0.6 is 0 Å². The Kier molecular flexibility index (Phi) is 6.87. The highest BCUT2D eigenvalue weighted by atomic mass is 16.3. The van der Waals surface area contributed by atoms with Gasteiger partial charge in [0, 0.05) is 6.54 Å². The first-order valence-electron chi connectivity index (χ1n) is 6.48. The van der Waals surface area contributed by atoms with Gasteiger partial charge in [-0.1, -0.05) is 50.1 Å². The summed E-state index contributed by atoms with van der Waals surface area (Å²) in [6, 6.07) is 8.88. The van der Waals surface area contributed by atoms with Crippen molar-refractivity contribution in [2.45, 2.75) is 32.2 Å². The first kappa shape index (κ1) is 14.5. The van der Waals surface area contributed by atoms with Crippen LogP contribution < -0.4 is 10.6 Å². The van der Waals surface area contributed by atoms with Gasteiger partial charge in [-0.05, 0) is 12.0 Å². The van der Waals surface area contributed by atoms with Crippen LogP contribution in [0.4, 0.5) is 4.79 Å². The normalized spacial score (nSPS) is 11.9. The predicted molar refractivity (Wildman–Crippen MR) is 72.3 cm³/mol. The van der Waals surface area contributed by atoms with E-state index in [1.165, 1.54) is 0 Å². The number of rotatable bonds is 7. The van der Waals surface area contributed by atoms with Crippen LogP contribution in [0.2, 0.25) is 0 Å². The molecule has 0 aliphatic heterocycles. The van der Waals surface area contributed by atoms with Gasteiger partial charge in [-0.25, -0.2) is 4.79 Å². The molecular weight excluding hydrogens is 228 g/mol. The Bertz CT molecular complexity index is 341. The molecule has 2 amide bonds. The fourth-order valence-corrected chi connectivity index (χ4v) is 1.71. The molecule has 1 aromatic carbocycles. The summed E-state index contributed by atoms with van der Waals surface area (Å²) in [7, 11) is 0. The van der Waals surface area contributed by atoms with E-state index < -0.39 is 0 Å². The minimum Gasteiger partial charge on any atom is -0.394 e. The number of hydrogen-bond acceptors (Lipinski definition) is 2. The molecule has 0 aliphatic rings. The Morgan fingerprint density at radius 1 is 1.28 bits per heavy atom. The van der Waals surface area contributed by atoms with Crippen molar-refractivity contribution in [2.24, 2.45) is 0 Å². The van der Waals surface area contributed by atoms with Crippen LogP contribution in [0.25, 0.3) is 0 Å². The molecule has 1 aromatic rings. The molecular formula is C14H22N2O2. The lowest BCUT2D eigenvalue weighted by atomic mass is 10.1. The van der Waals surface area contributed by atoms with E-state index in [2.05, 4.69) is 17.6 Å². The van der Waals surface area contributed by atoms with Gasteiger partial charge in [-0.2, -0.15) is 0 Å². The minimum absolute atomic E-state index is 0.105. The third kappa shape index (κ3) is 5.19. The highest BCUT2D eigenvalue weighted by molar-refractivity contribution is 5.74. The monoisotopic (exact) mass is 250 g/mol. The zero-order valence-corrected chi connectivity index (χ0v) is 10.9. The lowest BCUT2D eigenvalue weighted by molar-refractivity contribution is 0.217. The third-order valence-corrected chi connectivity index (χ3v) is 2.76. The summed E-state index contributed by atoms with van der Waals surface area (Å²) >= 11 is 0. The number of amides is 2. The molecule has 0 saturated heterocycles. The summed E-state index contributed by atoms with van der Waals surface area (Å²) in [4.78, 5) is 11.6. The quantitative estimate of drug-likeness (QED) is 0.650. The first-order valence-corrected chi connectivity index (χ1v) is 6.48. The molecule has 0 saturated carbocycles. The highest BCUT2D eigenvalue weighted by Crippen LogP contribution is 2.10. The van der Waals surface area contributed by atoms with Crippen molar-refractivity contribution in [3.63, 3.8) is 0 Å². The smallest absolute Gasteiger partial charge is 0.315 e. The Balaban J connectivity index is 2.37. The predicted octanol–water partition coefficient (Wildman–Crippen LogP) is 2.21. The van der Waals surface area contributed by atoms with Crippen LogP contribution in [0.3, 0.4) is 0 Å². The standard InChI is InChI=1S/C14H22N2O2/c1-2-3-7-10-15-14(18)16-13(11-17)12-8-5-4-6-9-12/h4-6,8-9,13,17H,2-3,7,10-11H2,1H3,(H2,15,16,18)/t13-/m1/s1. The molecule has 4 nitrogen and oxygen atoms in total. The molecule has 18 heavy (non-hydrogen) atoms. The number of hydrogen-bond donors (Lipinski definition) is 3. The van der Waals surface area contributed by atoms with E-state index in [4.69, 9.17) is 0 Å². The van der Waals surface area contributed by atoms with E-state index in [0.29, 0.717) is 6.54 Å². The van der Waals surface area contributed by atoms with Crippen molar-refractivity contribution in [1.29, 1.82) is 0 Å². The Morgan fingerprint density at radius 2 is 2.00 bits per heavy atom. The molecule has 100 valence electrons. The number of carbonyl (C=O) groups excluding carboxylic acids is 1. The van der Waals surface area contributed by atoms with Crippen molar-refractivity contribution in [1.82, 2.24) is 10.6 Å². The fourth-order valence-electron chi connectivity index (χ4n) is 1.71.